The van der Waals surface area contributed by atoms with Gasteiger partial charge in [0.15, 0.2) is 17.5 Å². The summed E-state index contributed by atoms with van der Waals surface area (Å²) in [5.74, 6) is -0.309. The van der Waals surface area contributed by atoms with Crippen molar-refractivity contribution in [2.24, 2.45) is 0 Å². The molecule has 0 bridgehead atoms. The van der Waals surface area contributed by atoms with Crippen molar-refractivity contribution >= 4 is 38.3 Å². The van der Waals surface area contributed by atoms with Crippen molar-refractivity contribution in [3.63, 3.8) is 0 Å². The number of para-hydroxylation sites is 3. The Hall–Kier alpha value is -3.04. The van der Waals surface area contributed by atoms with Gasteiger partial charge in [0.25, 0.3) is 5.91 Å². The summed E-state index contributed by atoms with van der Waals surface area (Å²) in [6.45, 7) is 0.285. The average molecular weight is 387 g/mol. The fourth-order valence-electron chi connectivity index (χ4n) is 2.43. The first-order chi connectivity index (χ1) is 13.1. The van der Waals surface area contributed by atoms with E-state index in [0.29, 0.717) is 18.3 Å². The Morgan fingerprint density at radius 1 is 1.22 bits per heavy atom. The molecule has 3 rings (SSSR count). The summed E-state index contributed by atoms with van der Waals surface area (Å²) in [5, 5.41) is 11.6. The number of rotatable bonds is 8. The molecule has 0 aliphatic rings. The van der Waals surface area contributed by atoms with Gasteiger partial charge in [-0.15, -0.1) is 0 Å². The molecule has 1 aromatic heterocycles. The highest BCUT2D eigenvalue weighted by atomic mass is 32.1. The number of nitro groups is 1. The number of hydrogen-bond donors (Lipinski definition) is 0. The number of amides is 1. The van der Waals surface area contributed by atoms with Gasteiger partial charge < -0.3 is 9.47 Å². The predicted octanol–water partition coefficient (Wildman–Crippen LogP) is 3.26. The summed E-state index contributed by atoms with van der Waals surface area (Å²) >= 11 is 1.39. The number of nitrogens with zero attached hydrogens (tertiary/aromatic N) is 3. The number of fused-ring (bicyclic) bond motifs is 1. The molecule has 0 saturated heterocycles. The summed E-state index contributed by atoms with van der Waals surface area (Å²) in [7, 11) is 1.55. The van der Waals surface area contributed by atoms with Crippen LogP contribution in [0.2, 0.25) is 0 Å². The Labute approximate surface area is 159 Å². The predicted molar refractivity (Wildman–Crippen MR) is 102 cm³/mol. The van der Waals surface area contributed by atoms with Crippen LogP contribution in [-0.2, 0) is 9.53 Å². The van der Waals surface area contributed by atoms with E-state index in [2.05, 4.69) is 4.98 Å². The van der Waals surface area contributed by atoms with Crippen molar-refractivity contribution in [3.8, 4) is 5.75 Å². The van der Waals surface area contributed by atoms with Crippen LogP contribution >= 0.6 is 11.3 Å². The number of thiazole rings is 1. The summed E-state index contributed by atoms with van der Waals surface area (Å²) in [4.78, 5) is 29.2. The van der Waals surface area contributed by atoms with E-state index in [1.54, 1.807) is 19.2 Å². The largest absolute Gasteiger partial charge is 0.477 e. The molecule has 0 unspecified atom stereocenters. The van der Waals surface area contributed by atoms with Crippen LogP contribution in [0.15, 0.2) is 48.5 Å². The van der Waals surface area contributed by atoms with Crippen molar-refractivity contribution in [1.82, 2.24) is 4.98 Å². The first-order valence-corrected chi connectivity index (χ1v) is 8.93. The number of anilines is 1. The molecule has 0 spiro atoms. The minimum Gasteiger partial charge on any atom is -0.477 e. The van der Waals surface area contributed by atoms with Crippen LogP contribution in [0.1, 0.15) is 0 Å². The van der Waals surface area contributed by atoms with Gasteiger partial charge in [0, 0.05) is 13.2 Å². The van der Waals surface area contributed by atoms with E-state index in [1.807, 2.05) is 24.3 Å². The van der Waals surface area contributed by atoms with Gasteiger partial charge in [0.2, 0.25) is 0 Å². The number of hydrogen-bond acceptors (Lipinski definition) is 7. The molecule has 0 fully saturated rings. The lowest BCUT2D eigenvalue weighted by Crippen LogP contribution is -2.37. The smallest absolute Gasteiger partial charge is 0.310 e. The van der Waals surface area contributed by atoms with E-state index >= 15 is 0 Å². The number of aromatic nitrogens is 1. The van der Waals surface area contributed by atoms with Crippen LogP contribution in [0.5, 0.6) is 5.75 Å². The Kier molecular flexibility index (Phi) is 5.94. The lowest BCUT2D eigenvalue weighted by Gasteiger charge is -2.19. The second kappa shape index (κ2) is 8.56. The highest BCUT2D eigenvalue weighted by molar-refractivity contribution is 7.22. The Morgan fingerprint density at radius 3 is 2.70 bits per heavy atom. The number of nitro benzene ring substituents is 1. The van der Waals surface area contributed by atoms with Crippen molar-refractivity contribution < 1.29 is 19.2 Å². The van der Waals surface area contributed by atoms with Gasteiger partial charge in [-0.3, -0.25) is 19.8 Å². The van der Waals surface area contributed by atoms with Gasteiger partial charge >= 0.3 is 5.69 Å². The Bertz CT molecular complexity index is 926. The molecule has 8 nitrogen and oxygen atoms in total. The number of carbonyl (C=O) groups excluding carboxylic acids is 1. The number of ether oxygens (including phenoxy) is 2. The third kappa shape index (κ3) is 4.39. The minimum absolute atomic E-state index is 0.0480. The van der Waals surface area contributed by atoms with Crippen molar-refractivity contribution in [2.75, 3.05) is 31.8 Å². The summed E-state index contributed by atoms with van der Waals surface area (Å²) in [5.41, 5.74) is 0.612. The molecule has 0 aliphatic carbocycles. The van der Waals surface area contributed by atoms with E-state index in [-0.39, 0.29) is 24.0 Å². The maximum absolute atomic E-state index is 12.7. The van der Waals surface area contributed by atoms with E-state index in [9.17, 15) is 14.9 Å². The SMILES string of the molecule is COCCN(C(=O)COc1ccccc1[N+](=O)[O-])c1nc2ccccc2s1. The summed E-state index contributed by atoms with van der Waals surface area (Å²) in [6.07, 6.45) is 0. The summed E-state index contributed by atoms with van der Waals surface area (Å²) in [6, 6.07) is 13.5. The molecule has 0 aliphatic heterocycles. The molecule has 2 aromatic carbocycles. The lowest BCUT2D eigenvalue weighted by atomic mass is 10.3. The van der Waals surface area contributed by atoms with Gasteiger partial charge in [-0.05, 0) is 18.2 Å². The zero-order valence-electron chi connectivity index (χ0n) is 14.5. The van der Waals surface area contributed by atoms with E-state index < -0.39 is 4.92 Å². The van der Waals surface area contributed by atoms with Crippen molar-refractivity contribution in [3.05, 3.63) is 58.6 Å². The van der Waals surface area contributed by atoms with Gasteiger partial charge in [-0.2, -0.15) is 0 Å². The van der Waals surface area contributed by atoms with Crippen LogP contribution in [0.25, 0.3) is 10.2 Å². The third-order valence-electron chi connectivity index (χ3n) is 3.75. The van der Waals surface area contributed by atoms with Gasteiger partial charge in [-0.1, -0.05) is 35.6 Å². The van der Waals surface area contributed by atoms with Gasteiger partial charge in [0.05, 0.1) is 28.3 Å². The van der Waals surface area contributed by atoms with Crippen molar-refractivity contribution in [1.29, 1.82) is 0 Å². The molecule has 0 N–H and O–H groups in total. The second-order valence-corrected chi connectivity index (χ2v) is 6.52. The molecule has 0 radical (unpaired) electrons. The first-order valence-electron chi connectivity index (χ1n) is 8.11. The third-order valence-corrected chi connectivity index (χ3v) is 4.81. The summed E-state index contributed by atoms with van der Waals surface area (Å²) < 4.78 is 11.5. The molecule has 140 valence electrons. The highest BCUT2D eigenvalue weighted by Crippen LogP contribution is 2.29. The normalized spacial score (nSPS) is 10.7. The maximum atomic E-state index is 12.7. The van der Waals surface area contributed by atoms with Gasteiger partial charge in [-0.25, -0.2) is 4.98 Å². The average Bonchev–Trinajstić information content (AvgIpc) is 3.10. The topological polar surface area (TPSA) is 94.8 Å². The van der Waals surface area contributed by atoms with Crippen LogP contribution in [0, 0.1) is 10.1 Å². The molecule has 0 atom stereocenters. The quantitative estimate of drug-likeness (QED) is 0.435. The zero-order valence-corrected chi connectivity index (χ0v) is 15.3. The second-order valence-electron chi connectivity index (χ2n) is 5.52. The number of carbonyl (C=O) groups is 1. The molecule has 1 heterocycles. The monoisotopic (exact) mass is 387 g/mol. The van der Waals surface area contributed by atoms with E-state index in [4.69, 9.17) is 9.47 Å². The van der Waals surface area contributed by atoms with E-state index in [1.165, 1.54) is 28.4 Å². The van der Waals surface area contributed by atoms with Crippen molar-refractivity contribution in [2.45, 2.75) is 0 Å². The van der Waals surface area contributed by atoms with Crippen LogP contribution in [0.4, 0.5) is 10.8 Å². The standard InChI is InChI=1S/C18H17N3O5S/c1-25-11-10-20(18-19-13-6-2-5-9-16(13)27-18)17(22)12-26-15-8-4-3-7-14(15)21(23)24/h2-9H,10-12H2,1H3. The fraction of sp³-hybridized carbons (Fsp3) is 0.222. The zero-order chi connectivity index (χ0) is 19.2. The molecule has 0 saturated carbocycles. The van der Waals surface area contributed by atoms with Gasteiger partial charge in [0.1, 0.15) is 0 Å². The highest BCUT2D eigenvalue weighted by Gasteiger charge is 2.22. The van der Waals surface area contributed by atoms with Crippen LogP contribution in [-0.4, -0.2) is 42.7 Å². The molecular weight excluding hydrogens is 370 g/mol. The minimum atomic E-state index is -0.546. The number of methoxy groups -OCH3 is 1. The molecule has 9 heteroatoms. The molecular formula is C18H17N3O5S. The Morgan fingerprint density at radius 2 is 1.96 bits per heavy atom. The molecule has 3 aromatic rings. The maximum Gasteiger partial charge on any atom is 0.310 e. The fourth-order valence-corrected chi connectivity index (χ4v) is 3.44. The van der Waals surface area contributed by atoms with E-state index in [0.717, 1.165) is 10.2 Å². The van der Waals surface area contributed by atoms with Crippen LogP contribution in [0.3, 0.4) is 0 Å². The van der Waals surface area contributed by atoms with Crippen LogP contribution < -0.4 is 9.64 Å². The lowest BCUT2D eigenvalue weighted by molar-refractivity contribution is -0.385. The number of benzene rings is 2. The molecule has 1 amide bonds. The Balaban J connectivity index is 1.78. The first kappa shape index (κ1) is 18.7. The molecule has 27 heavy (non-hydrogen) atoms.